The minimum absolute atomic E-state index is 0.0784. The molecule has 5 nitrogen and oxygen atoms in total. The van der Waals surface area contributed by atoms with Crippen LogP contribution in [0.2, 0.25) is 5.02 Å². The van der Waals surface area contributed by atoms with Crippen molar-refractivity contribution in [2.45, 2.75) is 19.3 Å². The molecule has 1 aromatic rings. The van der Waals surface area contributed by atoms with Crippen molar-refractivity contribution in [3.63, 3.8) is 0 Å². The summed E-state index contributed by atoms with van der Waals surface area (Å²) in [6, 6.07) is 7.21. The summed E-state index contributed by atoms with van der Waals surface area (Å²) >= 11 is 6.06. The van der Waals surface area contributed by atoms with Crippen molar-refractivity contribution in [3.05, 3.63) is 41.4 Å². The predicted molar refractivity (Wildman–Crippen MR) is 99.6 cm³/mol. The highest BCUT2D eigenvalue weighted by atomic mass is 35.5. The molecule has 1 heterocycles. The topological polar surface area (TPSA) is 52.7 Å². The van der Waals surface area contributed by atoms with E-state index in [2.05, 4.69) is 22.4 Å². The average molecular weight is 362 g/mol. The number of benzene rings is 1. The molecule has 134 valence electrons. The minimum atomic E-state index is -0.0784. The molecule has 1 aliphatic carbocycles. The van der Waals surface area contributed by atoms with E-state index in [1.165, 1.54) is 0 Å². The third-order valence-corrected chi connectivity index (χ3v) is 5.15. The molecule has 1 fully saturated rings. The highest BCUT2D eigenvalue weighted by Crippen LogP contribution is 2.22. The van der Waals surface area contributed by atoms with Gasteiger partial charge in [0.25, 0.3) is 0 Å². The Balaban J connectivity index is 1.44. The number of hydrogen-bond acceptors (Lipinski definition) is 3. The quantitative estimate of drug-likeness (QED) is 0.839. The van der Waals surface area contributed by atoms with Gasteiger partial charge in [0, 0.05) is 32.1 Å². The molecule has 1 unspecified atom stereocenters. The first-order valence-corrected chi connectivity index (χ1v) is 9.22. The summed E-state index contributed by atoms with van der Waals surface area (Å²) in [4.78, 5) is 28.8. The normalized spacial score (nSPS) is 21.2. The summed E-state index contributed by atoms with van der Waals surface area (Å²) in [5.41, 5.74) is 0.633. The summed E-state index contributed by atoms with van der Waals surface area (Å²) < 4.78 is 0. The van der Waals surface area contributed by atoms with Crippen LogP contribution in [0, 0.1) is 5.92 Å². The summed E-state index contributed by atoms with van der Waals surface area (Å²) in [5.74, 6) is 0.329. The molecule has 6 heteroatoms. The van der Waals surface area contributed by atoms with Gasteiger partial charge in [-0.25, -0.2) is 0 Å². The second-order valence-electron chi connectivity index (χ2n) is 6.61. The fraction of sp³-hybridized carbons (Fsp3) is 0.474. The van der Waals surface area contributed by atoms with Crippen LogP contribution in [0.25, 0.3) is 0 Å². The zero-order valence-electron chi connectivity index (χ0n) is 14.3. The van der Waals surface area contributed by atoms with Crippen LogP contribution in [-0.2, 0) is 9.59 Å². The lowest BCUT2D eigenvalue weighted by atomic mass is 9.93. The van der Waals surface area contributed by atoms with E-state index in [-0.39, 0.29) is 17.7 Å². The van der Waals surface area contributed by atoms with Crippen molar-refractivity contribution in [3.8, 4) is 0 Å². The third kappa shape index (κ3) is 4.83. The first kappa shape index (κ1) is 18.0. The van der Waals surface area contributed by atoms with Crippen LogP contribution < -0.4 is 5.32 Å². The van der Waals surface area contributed by atoms with E-state index in [9.17, 15) is 9.59 Å². The van der Waals surface area contributed by atoms with Crippen molar-refractivity contribution in [2.24, 2.45) is 5.92 Å². The maximum Gasteiger partial charge on any atom is 0.238 e. The van der Waals surface area contributed by atoms with Crippen LogP contribution in [0.15, 0.2) is 36.4 Å². The fourth-order valence-corrected chi connectivity index (χ4v) is 3.54. The Morgan fingerprint density at radius 2 is 1.88 bits per heavy atom. The number of allylic oxidation sites excluding steroid dienone is 2. The average Bonchev–Trinajstić information content (AvgIpc) is 2.64. The number of para-hydroxylation sites is 1. The van der Waals surface area contributed by atoms with Crippen molar-refractivity contribution in [2.75, 3.05) is 38.0 Å². The number of hydrogen-bond donors (Lipinski definition) is 1. The zero-order valence-corrected chi connectivity index (χ0v) is 15.0. The molecule has 2 amide bonds. The van der Waals surface area contributed by atoms with Crippen molar-refractivity contribution >= 4 is 29.1 Å². The van der Waals surface area contributed by atoms with E-state index in [4.69, 9.17) is 11.6 Å². The summed E-state index contributed by atoms with van der Waals surface area (Å²) in [5, 5.41) is 3.38. The molecule has 1 N–H and O–H groups in total. The van der Waals surface area contributed by atoms with Crippen LogP contribution in [0.3, 0.4) is 0 Å². The van der Waals surface area contributed by atoms with Crippen LogP contribution in [-0.4, -0.2) is 54.3 Å². The highest BCUT2D eigenvalue weighted by Gasteiger charge is 2.27. The number of anilines is 1. The van der Waals surface area contributed by atoms with Gasteiger partial charge in [-0.3, -0.25) is 14.5 Å². The van der Waals surface area contributed by atoms with E-state index in [0.29, 0.717) is 30.3 Å². The van der Waals surface area contributed by atoms with Gasteiger partial charge in [-0.05, 0) is 31.4 Å². The molecule has 0 bridgehead atoms. The van der Waals surface area contributed by atoms with E-state index in [0.717, 1.165) is 32.4 Å². The van der Waals surface area contributed by atoms with Gasteiger partial charge >= 0.3 is 0 Å². The van der Waals surface area contributed by atoms with Gasteiger partial charge in [0.05, 0.1) is 17.3 Å². The monoisotopic (exact) mass is 361 g/mol. The van der Waals surface area contributed by atoms with Gasteiger partial charge in [0.15, 0.2) is 0 Å². The summed E-state index contributed by atoms with van der Waals surface area (Å²) in [6.07, 6.45) is 7.08. The second kappa shape index (κ2) is 8.50. The molecule has 25 heavy (non-hydrogen) atoms. The lowest BCUT2D eigenvalue weighted by molar-refractivity contribution is -0.137. The summed E-state index contributed by atoms with van der Waals surface area (Å²) in [7, 11) is 0. The Morgan fingerprint density at radius 1 is 1.12 bits per heavy atom. The lowest BCUT2D eigenvalue weighted by Crippen LogP contribution is -2.51. The Hall–Kier alpha value is -1.85. The van der Waals surface area contributed by atoms with Gasteiger partial charge in [-0.1, -0.05) is 35.9 Å². The molecule has 1 aromatic carbocycles. The molecule has 0 aromatic heterocycles. The number of nitrogens with zero attached hydrogens (tertiary/aromatic N) is 2. The minimum Gasteiger partial charge on any atom is -0.340 e. The molecule has 3 rings (SSSR count). The van der Waals surface area contributed by atoms with Gasteiger partial charge in [0.2, 0.25) is 11.8 Å². The van der Waals surface area contributed by atoms with E-state index in [1.54, 1.807) is 12.1 Å². The zero-order chi connectivity index (χ0) is 17.6. The van der Waals surface area contributed by atoms with Gasteiger partial charge in [0.1, 0.15) is 0 Å². The molecule has 0 radical (unpaired) electrons. The van der Waals surface area contributed by atoms with Gasteiger partial charge < -0.3 is 10.2 Å². The number of carbonyl (C=O) groups is 2. The van der Waals surface area contributed by atoms with Gasteiger partial charge in [-0.15, -0.1) is 0 Å². The van der Waals surface area contributed by atoms with Gasteiger partial charge in [-0.2, -0.15) is 0 Å². The maximum absolute atomic E-state index is 12.5. The van der Waals surface area contributed by atoms with Crippen LogP contribution in [0.4, 0.5) is 5.69 Å². The first-order chi connectivity index (χ1) is 12.1. The highest BCUT2D eigenvalue weighted by molar-refractivity contribution is 6.33. The van der Waals surface area contributed by atoms with Crippen molar-refractivity contribution in [1.82, 2.24) is 9.80 Å². The van der Waals surface area contributed by atoms with Crippen LogP contribution >= 0.6 is 11.6 Å². The third-order valence-electron chi connectivity index (χ3n) is 4.82. The number of nitrogens with one attached hydrogen (secondary N) is 1. The molecule has 0 saturated carbocycles. The summed E-state index contributed by atoms with van der Waals surface area (Å²) in [6.45, 7) is 3.16. The molecular weight excluding hydrogens is 338 g/mol. The fourth-order valence-electron chi connectivity index (χ4n) is 3.36. The Morgan fingerprint density at radius 3 is 2.56 bits per heavy atom. The van der Waals surface area contributed by atoms with Crippen molar-refractivity contribution < 1.29 is 9.59 Å². The smallest absolute Gasteiger partial charge is 0.238 e. The Kier molecular flexibility index (Phi) is 6.10. The number of piperazine rings is 1. The number of halogens is 1. The molecule has 1 aliphatic heterocycles. The van der Waals surface area contributed by atoms with Crippen molar-refractivity contribution in [1.29, 1.82) is 0 Å². The maximum atomic E-state index is 12.5. The Labute approximate surface area is 153 Å². The van der Waals surface area contributed by atoms with E-state index in [1.807, 2.05) is 17.0 Å². The molecule has 0 spiro atoms. The van der Waals surface area contributed by atoms with Crippen LogP contribution in [0.5, 0.6) is 0 Å². The lowest BCUT2D eigenvalue weighted by Gasteiger charge is -2.36. The number of amides is 2. The number of carbonyl (C=O) groups excluding carboxylic acids is 2. The standard InChI is InChI=1S/C19H24ClN3O2/c20-16-8-4-5-9-17(16)21-18(24)14-22-10-12-23(13-11-22)19(25)15-6-2-1-3-7-15/h1-2,4-5,8-9,15H,3,6-7,10-14H2,(H,21,24). The molecule has 1 saturated heterocycles. The first-order valence-electron chi connectivity index (χ1n) is 8.84. The Bertz CT molecular complexity index is 654. The molecule has 2 aliphatic rings. The van der Waals surface area contributed by atoms with Crippen LogP contribution in [0.1, 0.15) is 19.3 Å². The second-order valence-corrected chi connectivity index (χ2v) is 7.02. The predicted octanol–water partition coefficient (Wildman–Crippen LogP) is 2.78. The van der Waals surface area contributed by atoms with E-state index < -0.39 is 0 Å². The number of rotatable bonds is 4. The molecular formula is C19H24ClN3O2. The molecule has 1 atom stereocenters. The van der Waals surface area contributed by atoms with E-state index >= 15 is 0 Å². The SMILES string of the molecule is O=C(CN1CCN(C(=O)C2CC=CCC2)CC1)Nc1ccccc1Cl. The largest absolute Gasteiger partial charge is 0.340 e.